The molecule has 2 atom stereocenters. The largest absolute Gasteiger partial charge is 0.534 e. The van der Waals surface area contributed by atoms with Crippen LogP contribution in [0, 0.1) is 5.41 Å². The van der Waals surface area contributed by atoms with E-state index in [1.54, 1.807) is 30.3 Å². The maximum absolute atomic E-state index is 12.9. The lowest BCUT2D eigenvalue weighted by atomic mass is 9.79. The zero-order valence-corrected chi connectivity index (χ0v) is 17.4. The van der Waals surface area contributed by atoms with Gasteiger partial charge in [-0.15, -0.1) is 6.58 Å². The number of nitrogens with zero attached hydrogens (tertiary/aromatic N) is 1. The van der Waals surface area contributed by atoms with Gasteiger partial charge in [0.2, 0.25) is 0 Å². The summed E-state index contributed by atoms with van der Waals surface area (Å²) in [6, 6.07) is 6.91. The number of rotatable bonds is 7. The van der Waals surface area contributed by atoms with Crippen molar-refractivity contribution in [2.45, 2.75) is 31.5 Å². The van der Waals surface area contributed by atoms with Crippen molar-refractivity contribution in [1.82, 2.24) is 4.90 Å². The van der Waals surface area contributed by atoms with E-state index in [9.17, 15) is 31.2 Å². The molecule has 0 unspecified atom stereocenters. The van der Waals surface area contributed by atoms with Crippen LogP contribution >= 0.6 is 0 Å². The first-order valence-corrected chi connectivity index (χ1v) is 10.2. The first-order valence-electron chi connectivity index (χ1n) is 8.78. The summed E-state index contributed by atoms with van der Waals surface area (Å²) in [5.41, 5.74) is -6.83. The molecule has 1 heterocycles. The van der Waals surface area contributed by atoms with E-state index in [1.807, 2.05) is 0 Å². The van der Waals surface area contributed by atoms with E-state index in [0.717, 1.165) is 7.11 Å². The molecule has 0 saturated heterocycles. The zero-order chi connectivity index (χ0) is 23.4. The van der Waals surface area contributed by atoms with Gasteiger partial charge in [0, 0.05) is 0 Å². The minimum Gasteiger partial charge on any atom is -0.467 e. The number of hydrogen-bond donors (Lipinski definition) is 0. The van der Waals surface area contributed by atoms with E-state index >= 15 is 0 Å². The Kier molecular flexibility index (Phi) is 7.04. The van der Waals surface area contributed by atoms with Crippen LogP contribution in [0.4, 0.5) is 18.0 Å². The third-order valence-electron chi connectivity index (χ3n) is 4.59. The molecule has 8 nitrogen and oxygen atoms in total. The van der Waals surface area contributed by atoms with E-state index < -0.39 is 44.9 Å². The van der Waals surface area contributed by atoms with E-state index in [1.165, 1.54) is 13.0 Å². The van der Waals surface area contributed by atoms with E-state index in [0.29, 0.717) is 16.7 Å². The van der Waals surface area contributed by atoms with Crippen LogP contribution in [0.25, 0.3) is 0 Å². The monoisotopic (exact) mass is 463 g/mol. The Hall–Kier alpha value is -3.02. The van der Waals surface area contributed by atoms with Gasteiger partial charge in [-0.3, -0.25) is 4.90 Å². The maximum Gasteiger partial charge on any atom is 0.534 e. The zero-order valence-electron chi connectivity index (χ0n) is 16.6. The van der Waals surface area contributed by atoms with Crippen LogP contribution in [-0.2, 0) is 35.2 Å². The molecule has 12 heteroatoms. The maximum atomic E-state index is 12.9. The number of amides is 1. The molecule has 1 amide bonds. The summed E-state index contributed by atoms with van der Waals surface area (Å²) in [5, 5.41) is 0. The van der Waals surface area contributed by atoms with Crippen molar-refractivity contribution in [3.05, 3.63) is 60.5 Å². The third-order valence-corrected chi connectivity index (χ3v) is 5.56. The second kappa shape index (κ2) is 9.00. The van der Waals surface area contributed by atoms with Crippen LogP contribution < -0.4 is 0 Å². The molecule has 0 fully saturated rings. The van der Waals surface area contributed by atoms with Crippen molar-refractivity contribution < 1.29 is 44.8 Å². The van der Waals surface area contributed by atoms with Crippen LogP contribution in [0.5, 0.6) is 0 Å². The van der Waals surface area contributed by atoms with Gasteiger partial charge in [-0.1, -0.05) is 36.4 Å². The number of methoxy groups -OCH3 is 1. The highest BCUT2D eigenvalue weighted by Gasteiger charge is 2.57. The Labute approximate surface area is 177 Å². The minimum atomic E-state index is -6.06. The third kappa shape index (κ3) is 5.01. The molecule has 0 radical (unpaired) electrons. The number of allylic oxidation sites excluding steroid dienone is 1. The van der Waals surface area contributed by atoms with Crippen LogP contribution in [0.3, 0.4) is 0 Å². The van der Waals surface area contributed by atoms with Crippen LogP contribution in [0.1, 0.15) is 18.9 Å². The van der Waals surface area contributed by atoms with Gasteiger partial charge in [0.15, 0.2) is 0 Å². The molecule has 1 aliphatic heterocycles. The number of hydrogen-bond acceptors (Lipinski definition) is 7. The second-order valence-electron chi connectivity index (χ2n) is 6.76. The molecule has 1 aromatic carbocycles. The van der Waals surface area contributed by atoms with Crippen molar-refractivity contribution in [1.29, 1.82) is 0 Å². The molecule has 0 spiro atoms. The normalized spacial score (nSPS) is 21.3. The van der Waals surface area contributed by atoms with E-state index in [-0.39, 0.29) is 13.0 Å². The Balaban J connectivity index is 2.43. The molecule has 170 valence electrons. The molecule has 1 aromatic rings. The number of esters is 1. The summed E-state index contributed by atoms with van der Waals surface area (Å²) >= 11 is 0. The molecule has 31 heavy (non-hydrogen) atoms. The summed E-state index contributed by atoms with van der Waals surface area (Å²) in [5.74, 6) is -1.79. The lowest BCUT2D eigenvalue weighted by Crippen LogP contribution is -2.48. The smallest absolute Gasteiger partial charge is 0.467 e. The predicted octanol–water partition coefficient (Wildman–Crippen LogP) is 3.47. The summed E-state index contributed by atoms with van der Waals surface area (Å²) in [6.07, 6.45) is 0.611. The Bertz CT molecular complexity index is 976. The van der Waals surface area contributed by atoms with Gasteiger partial charge < -0.3 is 13.7 Å². The first kappa shape index (κ1) is 24.3. The van der Waals surface area contributed by atoms with Crippen molar-refractivity contribution in [3.63, 3.8) is 0 Å². The first-order chi connectivity index (χ1) is 14.4. The van der Waals surface area contributed by atoms with Gasteiger partial charge >= 0.3 is 27.7 Å². The number of alkyl halides is 3. The topological polar surface area (TPSA) is 99.2 Å². The fraction of sp³-hybridized carbons (Fsp3) is 0.368. The van der Waals surface area contributed by atoms with Crippen LogP contribution in [0.15, 0.2) is 54.9 Å². The summed E-state index contributed by atoms with van der Waals surface area (Å²) in [6.45, 7) is 4.52. The fourth-order valence-electron chi connectivity index (χ4n) is 3.02. The summed E-state index contributed by atoms with van der Waals surface area (Å²) < 4.78 is 75.8. The second-order valence-corrected chi connectivity index (χ2v) is 8.30. The molecule has 2 rings (SSSR count). The number of halogens is 3. The predicted molar refractivity (Wildman–Crippen MR) is 101 cm³/mol. The molecule has 0 N–H and O–H groups in total. The SMILES string of the molecule is C=CC[C@]1(C)C(OS(=O)(=O)C(F)(F)F)=CN(C(=O)OCc2ccccc2)[C@@H]1C(=O)OC. The van der Waals surface area contributed by atoms with Crippen LogP contribution in [0.2, 0.25) is 0 Å². The molecule has 0 aromatic heterocycles. The highest BCUT2D eigenvalue weighted by molar-refractivity contribution is 7.87. The molecule has 0 aliphatic carbocycles. The van der Waals surface area contributed by atoms with E-state index in [4.69, 9.17) is 4.74 Å². The lowest BCUT2D eigenvalue weighted by molar-refractivity contribution is -0.148. The van der Waals surface area contributed by atoms with Gasteiger partial charge in [0.05, 0.1) is 18.7 Å². The van der Waals surface area contributed by atoms with Crippen molar-refractivity contribution in [2.24, 2.45) is 5.41 Å². The molecule has 1 aliphatic rings. The average molecular weight is 463 g/mol. The molecule has 0 saturated carbocycles. The number of carbonyl (C=O) groups is 2. The standard InChI is InChI=1S/C19H20F3NO7S/c1-4-10-18(2)14(30-31(26,27)19(20,21)22)11-23(15(18)16(24)28-3)17(25)29-12-13-8-6-5-7-9-13/h4-9,11,15H,1,10,12H2,2-3H3/t15-,18-/m1/s1. The molecular weight excluding hydrogens is 443 g/mol. The van der Waals surface area contributed by atoms with Crippen LogP contribution in [-0.4, -0.2) is 44.0 Å². The van der Waals surface area contributed by atoms with Gasteiger partial charge in [-0.2, -0.15) is 21.6 Å². The van der Waals surface area contributed by atoms with Crippen molar-refractivity contribution in [2.75, 3.05) is 7.11 Å². The summed E-state index contributed by atoms with van der Waals surface area (Å²) in [7, 11) is -5.05. The Morgan fingerprint density at radius 1 is 1.26 bits per heavy atom. The highest BCUT2D eigenvalue weighted by Crippen LogP contribution is 2.46. The van der Waals surface area contributed by atoms with Crippen molar-refractivity contribution >= 4 is 22.2 Å². The Morgan fingerprint density at radius 3 is 2.39 bits per heavy atom. The van der Waals surface area contributed by atoms with Gasteiger partial charge in [-0.05, 0) is 18.9 Å². The van der Waals surface area contributed by atoms with Gasteiger partial charge in [0.25, 0.3) is 0 Å². The fourth-order valence-corrected chi connectivity index (χ4v) is 3.59. The average Bonchev–Trinajstić information content (AvgIpc) is 2.97. The summed E-state index contributed by atoms with van der Waals surface area (Å²) in [4.78, 5) is 25.7. The molecular formula is C19H20F3NO7S. The minimum absolute atomic E-state index is 0.201. The number of carbonyl (C=O) groups excluding carboxylic acids is 2. The van der Waals surface area contributed by atoms with Crippen molar-refractivity contribution in [3.8, 4) is 0 Å². The lowest BCUT2D eigenvalue weighted by Gasteiger charge is -2.33. The number of ether oxygens (including phenoxy) is 2. The Morgan fingerprint density at radius 2 is 1.87 bits per heavy atom. The van der Waals surface area contributed by atoms with Gasteiger partial charge in [-0.25, -0.2) is 9.59 Å². The number of benzene rings is 1. The highest BCUT2D eigenvalue weighted by atomic mass is 32.2. The van der Waals surface area contributed by atoms with Gasteiger partial charge in [0.1, 0.15) is 18.4 Å². The van der Waals surface area contributed by atoms with E-state index in [2.05, 4.69) is 15.5 Å². The quantitative estimate of drug-likeness (QED) is 0.264. The molecule has 0 bridgehead atoms.